The van der Waals surface area contributed by atoms with Crippen molar-refractivity contribution in [1.29, 1.82) is 5.26 Å². The SMILES string of the molecule is COc1cc(/C=C/c2cccc(-c3cccc(-c4nc5cc(CN6CC[C@@H](O)C6)ccc5o4)c3C)c2C#N)c(C(F)(F)F)cc1CN1CCCC1. The Morgan fingerprint density at radius 3 is 2.41 bits per heavy atom. The van der Waals surface area contributed by atoms with Gasteiger partial charge in [0.25, 0.3) is 0 Å². The molecule has 51 heavy (non-hydrogen) atoms. The van der Waals surface area contributed by atoms with Crippen LogP contribution in [0.1, 0.15) is 58.2 Å². The summed E-state index contributed by atoms with van der Waals surface area (Å²) >= 11 is 0. The highest BCUT2D eigenvalue weighted by atomic mass is 19.4. The van der Waals surface area contributed by atoms with Gasteiger partial charge in [0.05, 0.1) is 24.3 Å². The molecule has 7 nitrogen and oxygen atoms in total. The van der Waals surface area contributed by atoms with Crippen LogP contribution in [0.15, 0.2) is 71.1 Å². The summed E-state index contributed by atoms with van der Waals surface area (Å²) in [6.07, 6.45) is 0.952. The van der Waals surface area contributed by atoms with E-state index in [4.69, 9.17) is 14.1 Å². The number of alkyl halides is 3. The standard InChI is InChI=1S/C41H39F3N4O3/c1-26-32(8-6-9-33(26)40-46-37-19-27(11-14-38(37)51-40)23-48-18-15-31(49)25-48)34-10-5-7-28(35(34)22-45)12-13-29-21-39(50-2)30(20-36(29)41(42,43)44)24-47-16-3-4-17-47/h5-14,19-21,31,49H,3-4,15-18,23-25H2,1-2H3/b13-12+/t31-/m1/s1. The highest BCUT2D eigenvalue weighted by Gasteiger charge is 2.34. The van der Waals surface area contributed by atoms with Crippen LogP contribution in [0.3, 0.4) is 0 Å². The van der Waals surface area contributed by atoms with Crippen LogP contribution in [0, 0.1) is 18.3 Å². The number of methoxy groups -OCH3 is 1. The zero-order valence-corrected chi connectivity index (χ0v) is 28.6. The molecule has 4 aromatic carbocycles. The van der Waals surface area contributed by atoms with Crippen molar-refractivity contribution < 1.29 is 27.4 Å². The van der Waals surface area contributed by atoms with Crippen LogP contribution >= 0.6 is 0 Å². The molecule has 2 aliphatic rings. The number of ether oxygens (including phenoxy) is 1. The Morgan fingerprint density at radius 1 is 0.941 bits per heavy atom. The molecule has 7 rings (SSSR count). The summed E-state index contributed by atoms with van der Waals surface area (Å²) in [6, 6.07) is 22.0. The Balaban J connectivity index is 1.20. The summed E-state index contributed by atoms with van der Waals surface area (Å²) in [5, 5.41) is 20.3. The first-order chi connectivity index (χ1) is 24.6. The van der Waals surface area contributed by atoms with E-state index in [0.29, 0.717) is 52.6 Å². The molecule has 2 fully saturated rings. The Bertz CT molecular complexity index is 2140. The van der Waals surface area contributed by atoms with Crippen molar-refractivity contribution in [3.63, 3.8) is 0 Å². The average molecular weight is 693 g/mol. The fraction of sp³-hybridized carbons (Fsp3) is 0.317. The lowest BCUT2D eigenvalue weighted by atomic mass is 9.91. The number of aromatic nitrogens is 1. The van der Waals surface area contributed by atoms with Gasteiger partial charge in [0, 0.05) is 42.9 Å². The largest absolute Gasteiger partial charge is 0.496 e. The second-order valence-corrected chi connectivity index (χ2v) is 13.4. The van der Waals surface area contributed by atoms with Gasteiger partial charge in [0.15, 0.2) is 5.58 Å². The minimum atomic E-state index is -4.58. The maximum atomic E-state index is 14.4. The van der Waals surface area contributed by atoms with Gasteiger partial charge >= 0.3 is 6.18 Å². The zero-order chi connectivity index (χ0) is 35.7. The number of fused-ring (bicyclic) bond motifs is 1. The fourth-order valence-electron chi connectivity index (χ4n) is 7.32. The van der Waals surface area contributed by atoms with Crippen LogP contribution in [0.25, 0.3) is 45.8 Å². The Kier molecular flexibility index (Phi) is 9.71. The van der Waals surface area contributed by atoms with Gasteiger partial charge in [0.1, 0.15) is 17.3 Å². The summed E-state index contributed by atoms with van der Waals surface area (Å²) in [7, 11) is 1.47. The number of hydrogen-bond acceptors (Lipinski definition) is 7. The van der Waals surface area contributed by atoms with Crippen molar-refractivity contribution in [3.05, 3.63) is 106 Å². The fourth-order valence-corrected chi connectivity index (χ4v) is 7.32. The summed E-state index contributed by atoms with van der Waals surface area (Å²) in [5.74, 6) is 0.854. The van der Waals surface area contributed by atoms with Crippen LogP contribution in [0.4, 0.5) is 13.2 Å². The van der Waals surface area contributed by atoms with Crippen molar-refractivity contribution in [2.75, 3.05) is 33.3 Å². The van der Waals surface area contributed by atoms with Gasteiger partial charge in [-0.15, -0.1) is 0 Å². The first kappa shape index (κ1) is 34.5. The molecule has 5 aromatic rings. The second-order valence-electron chi connectivity index (χ2n) is 13.4. The molecule has 1 N–H and O–H groups in total. The predicted molar refractivity (Wildman–Crippen MR) is 192 cm³/mol. The number of hydrogen-bond donors (Lipinski definition) is 1. The second kappa shape index (κ2) is 14.3. The molecule has 0 aliphatic carbocycles. The number of nitrogens with zero attached hydrogens (tertiary/aromatic N) is 4. The van der Waals surface area contributed by atoms with Crippen LogP contribution in [-0.2, 0) is 19.3 Å². The zero-order valence-electron chi connectivity index (χ0n) is 28.6. The van der Waals surface area contributed by atoms with Crippen molar-refractivity contribution in [2.24, 2.45) is 0 Å². The third kappa shape index (κ3) is 7.29. The normalized spacial score (nSPS) is 17.2. The van der Waals surface area contributed by atoms with Gasteiger partial charge in [-0.1, -0.05) is 48.6 Å². The number of rotatable bonds is 9. The van der Waals surface area contributed by atoms with Crippen molar-refractivity contribution in [1.82, 2.24) is 14.8 Å². The number of nitriles is 1. The molecule has 1 aromatic heterocycles. The number of likely N-dealkylation sites (tertiary alicyclic amines) is 2. The molecule has 0 radical (unpaired) electrons. The van der Waals surface area contributed by atoms with Crippen LogP contribution in [-0.4, -0.2) is 59.3 Å². The molecule has 10 heteroatoms. The monoisotopic (exact) mass is 692 g/mol. The minimum Gasteiger partial charge on any atom is -0.496 e. The van der Waals surface area contributed by atoms with E-state index in [1.165, 1.54) is 25.3 Å². The molecule has 0 bridgehead atoms. The Morgan fingerprint density at radius 2 is 1.69 bits per heavy atom. The first-order valence-electron chi connectivity index (χ1n) is 17.2. The number of oxazole rings is 1. The van der Waals surface area contributed by atoms with Gasteiger partial charge in [-0.3, -0.25) is 9.80 Å². The van der Waals surface area contributed by atoms with Crippen LogP contribution in [0.5, 0.6) is 5.75 Å². The molecule has 2 saturated heterocycles. The lowest BCUT2D eigenvalue weighted by Crippen LogP contribution is -2.21. The lowest BCUT2D eigenvalue weighted by molar-refractivity contribution is -0.137. The van der Waals surface area contributed by atoms with Crippen molar-refractivity contribution in [3.8, 4) is 34.4 Å². The summed E-state index contributed by atoms with van der Waals surface area (Å²) in [4.78, 5) is 9.17. The molecule has 3 heterocycles. The van der Waals surface area contributed by atoms with E-state index in [9.17, 15) is 23.5 Å². The van der Waals surface area contributed by atoms with Gasteiger partial charge in [-0.2, -0.15) is 18.4 Å². The molecule has 0 spiro atoms. The Hall–Kier alpha value is -4.95. The van der Waals surface area contributed by atoms with E-state index in [1.807, 2.05) is 49.4 Å². The number of halogens is 3. The van der Waals surface area contributed by atoms with Crippen molar-refractivity contribution in [2.45, 2.75) is 51.6 Å². The summed E-state index contributed by atoms with van der Waals surface area (Å²) in [5.41, 5.74) is 6.10. The Labute approximate surface area is 295 Å². The van der Waals surface area contributed by atoms with E-state index < -0.39 is 11.7 Å². The smallest absolute Gasteiger partial charge is 0.417 e. The molecule has 0 unspecified atom stereocenters. The number of aliphatic hydroxyl groups is 1. The average Bonchev–Trinajstić information content (AvgIpc) is 3.88. The molecular formula is C41H39F3N4O3. The summed E-state index contributed by atoms with van der Waals surface area (Å²) < 4.78 is 54.9. The number of benzene rings is 4. The lowest BCUT2D eigenvalue weighted by Gasteiger charge is -2.20. The van der Waals surface area contributed by atoms with Gasteiger partial charge < -0.3 is 14.3 Å². The van der Waals surface area contributed by atoms with Crippen LogP contribution < -0.4 is 4.74 Å². The molecule has 1 atom stereocenters. The highest BCUT2D eigenvalue weighted by Crippen LogP contribution is 2.39. The van der Waals surface area contributed by atoms with Gasteiger partial charge in [-0.05, 0) is 97.4 Å². The third-order valence-corrected chi connectivity index (χ3v) is 9.96. The predicted octanol–water partition coefficient (Wildman–Crippen LogP) is 8.70. The van der Waals surface area contributed by atoms with E-state index in [-0.39, 0.29) is 11.7 Å². The van der Waals surface area contributed by atoms with Gasteiger partial charge in [-0.25, -0.2) is 4.98 Å². The van der Waals surface area contributed by atoms with Gasteiger partial charge in [0.2, 0.25) is 5.89 Å². The van der Waals surface area contributed by atoms with E-state index in [1.54, 1.807) is 18.2 Å². The molecule has 262 valence electrons. The minimum absolute atomic E-state index is 0.0332. The first-order valence-corrected chi connectivity index (χ1v) is 17.2. The van der Waals surface area contributed by atoms with E-state index in [2.05, 4.69) is 15.9 Å². The van der Waals surface area contributed by atoms with E-state index >= 15 is 0 Å². The molecule has 2 aliphatic heterocycles. The third-order valence-electron chi connectivity index (χ3n) is 9.96. The molecule has 0 amide bonds. The number of β-amino-alcohol motifs (C(OH)–C–C–N with tert-alkyl or cyclic N) is 1. The topological polar surface area (TPSA) is 85.8 Å². The molecular weight excluding hydrogens is 653 g/mol. The maximum Gasteiger partial charge on any atom is 0.417 e. The number of aliphatic hydroxyl groups excluding tert-OH is 1. The summed E-state index contributed by atoms with van der Waals surface area (Å²) in [6.45, 7) is 6.27. The molecule has 0 saturated carbocycles. The quantitative estimate of drug-likeness (QED) is 0.155. The highest BCUT2D eigenvalue weighted by molar-refractivity contribution is 5.85. The van der Waals surface area contributed by atoms with Crippen molar-refractivity contribution >= 4 is 23.3 Å². The van der Waals surface area contributed by atoms with E-state index in [0.717, 1.165) is 73.2 Å². The maximum absolute atomic E-state index is 14.4. The van der Waals surface area contributed by atoms with Crippen LogP contribution in [0.2, 0.25) is 0 Å².